The molecule has 8 heteroatoms. The highest BCUT2D eigenvalue weighted by atomic mass is 32.2. The van der Waals surface area contributed by atoms with Gasteiger partial charge in [0.05, 0.1) is 16.1 Å². The monoisotopic (exact) mass is 402 g/mol. The molecule has 0 atom stereocenters. The quantitative estimate of drug-likeness (QED) is 0.727. The maximum absolute atomic E-state index is 12.3. The van der Waals surface area contributed by atoms with E-state index >= 15 is 0 Å². The maximum Gasteiger partial charge on any atom is 0.497 e. The highest BCUT2D eigenvalue weighted by molar-refractivity contribution is 7.89. The average molecular weight is 402 g/mol. The zero-order valence-electron chi connectivity index (χ0n) is 16.9. The van der Waals surface area contributed by atoms with Crippen LogP contribution in [0.15, 0.2) is 53.4 Å². The number of benzene rings is 2. The molecule has 0 aromatic heterocycles. The fourth-order valence-electron chi connectivity index (χ4n) is 2.94. The Morgan fingerprint density at radius 3 is 2.14 bits per heavy atom. The van der Waals surface area contributed by atoms with Gasteiger partial charge >= 0.3 is 7.12 Å². The summed E-state index contributed by atoms with van der Waals surface area (Å²) < 4.78 is 39.3. The van der Waals surface area contributed by atoms with Gasteiger partial charge < -0.3 is 14.6 Å². The minimum atomic E-state index is -3.58. The standard InChI is InChI=1S/C20H27BN2O4S/c1-19(2)20(3,4)27-21(26-19)17-13-16(28(24,25)22-5)11-12-18(17)23-14-15-9-7-6-8-10-15/h6-13,22-23H,14H2,1-5H3. The first-order valence-electron chi connectivity index (χ1n) is 9.27. The Morgan fingerprint density at radius 2 is 1.57 bits per heavy atom. The highest BCUT2D eigenvalue weighted by Gasteiger charge is 2.52. The zero-order chi connectivity index (χ0) is 20.6. The van der Waals surface area contributed by atoms with Crippen LogP contribution in [0.25, 0.3) is 0 Å². The molecule has 2 aromatic carbocycles. The van der Waals surface area contributed by atoms with Crippen LogP contribution in [-0.4, -0.2) is 33.8 Å². The van der Waals surface area contributed by atoms with Crippen molar-refractivity contribution in [2.45, 2.75) is 50.3 Å². The van der Waals surface area contributed by atoms with Crippen LogP contribution in [0, 0.1) is 0 Å². The molecular formula is C20H27BN2O4S. The smallest absolute Gasteiger partial charge is 0.399 e. The third kappa shape index (κ3) is 4.10. The second-order valence-corrected chi connectivity index (χ2v) is 9.77. The Hall–Kier alpha value is -1.87. The first-order valence-corrected chi connectivity index (χ1v) is 10.7. The Labute approximate surface area is 167 Å². The lowest BCUT2D eigenvalue weighted by atomic mass is 9.77. The van der Waals surface area contributed by atoms with E-state index in [0.29, 0.717) is 12.0 Å². The van der Waals surface area contributed by atoms with Crippen molar-refractivity contribution in [3.8, 4) is 0 Å². The van der Waals surface area contributed by atoms with E-state index < -0.39 is 28.3 Å². The molecule has 0 aliphatic carbocycles. The molecule has 1 saturated heterocycles. The number of sulfonamides is 1. The van der Waals surface area contributed by atoms with Crippen LogP contribution in [0.2, 0.25) is 0 Å². The van der Waals surface area contributed by atoms with Crippen molar-refractivity contribution in [3.05, 3.63) is 54.1 Å². The highest BCUT2D eigenvalue weighted by Crippen LogP contribution is 2.37. The van der Waals surface area contributed by atoms with E-state index in [9.17, 15) is 8.42 Å². The summed E-state index contributed by atoms with van der Waals surface area (Å²) >= 11 is 0. The summed E-state index contributed by atoms with van der Waals surface area (Å²) in [4.78, 5) is 0.171. The first-order chi connectivity index (χ1) is 13.1. The molecule has 0 spiro atoms. The summed E-state index contributed by atoms with van der Waals surface area (Å²) in [6.45, 7) is 8.48. The molecule has 1 aliphatic rings. The van der Waals surface area contributed by atoms with Crippen molar-refractivity contribution >= 4 is 28.3 Å². The first kappa shape index (κ1) is 20.9. The summed E-state index contributed by atoms with van der Waals surface area (Å²) in [5.41, 5.74) is 1.51. The minimum absolute atomic E-state index is 0.171. The Kier molecular flexibility index (Phi) is 5.60. The fourth-order valence-corrected chi connectivity index (χ4v) is 3.71. The van der Waals surface area contributed by atoms with Gasteiger partial charge in [0.25, 0.3) is 0 Å². The number of hydrogen-bond donors (Lipinski definition) is 2. The average Bonchev–Trinajstić information content (AvgIpc) is 2.88. The zero-order valence-corrected chi connectivity index (χ0v) is 17.8. The molecule has 0 radical (unpaired) electrons. The molecule has 1 aliphatic heterocycles. The summed E-state index contributed by atoms with van der Waals surface area (Å²) in [5.74, 6) is 0. The molecule has 1 fully saturated rings. The van der Waals surface area contributed by atoms with E-state index in [0.717, 1.165) is 11.3 Å². The van der Waals surface area contributed by atoms with Crippen molar-refractivity contribution < 1.29 is 17.7 Å². The third-order valence-electron chi connectivity index (χ3n) is 5.44. The van der Waals surface area contributed by atoms with Crippen molar-refractivity contribution in [3.63, 3.8) is 0 Å². The predicted octanol–water partition coefficient (Wildman–Crippen LogP) is 2.51. The summed E-state index contributed by atoms with van der Waals surface area (Å²) in [5, 5.41) is 3.38. The van der Waals surface area contributed by atoms with Crippen molar-refractivity contribution in [2.75, 3.05) is 12.4 Å². The topological polar surface area (TPSA) is 76.7 Å². The fraction of sp³-hybridized carbons (Fsp3) is 0.400. The SMILES string of the molecule is CNS(=O)(=O)c1ccc(NCc2ccccc2)c(B2OC(C)(C)C(C)(C)O2)c1. The van der Waals surface area contributed by atoms with Crippen molar-refractivity contribution in [1.29, 1.82) is 0 Å². The third-order valence-corrected chi connectivity index (χ3v) is 6.85. The van der Waals surface area contributed by atoms with Crippen LogP contribution >= 0.6 is 0 Å². The van der Waals surface area contributed by atoms with E-state index in [1.165, 1.54) is 7.05 Å². The van der Waals surface area contributed by atoms with E-state index in [1.807, 2.05) is 58.0 Å². The largest absolute Gasteiger partial charge is 0.497 e. The van der Waals surface area contributed by atoms with Gasteiger partial charge in [-0.05, 0) is 58.5 Å². The van der Waals surface area contributed by atoms with Gasteiger partial charge in [-0.25, -0.2) is 13.1 Å². The molecule has 2 N–H and O–H groups in total. The molecular weight excluding hydrogens is 375 g/mol. The molecule has 3 rings (SSSR count). The Morgan fingerprint density at radius 1 is 0.964 bits per heavy atom. The molecule has 2 aromatic rings. The van der Waals surface area contributed by atoms with Crippen molar-refractivity contribution in [1.82, 2.24) is 4.72 Å². The van der Waals surface area contributed by atoms with Crippen LogP contribution in [0.4, 0.5) is 5.69 Å². The van der Waals surface area contributed by atoms with Gasteiger partial charge in [-0.2, -0.15) is 0 Å². The van der Waals surface area contributed by atoms with Gasteiger partial charge in [-0.3, -0.25) is 0 Å². The molecule has 150 valence electrons. The van der Waals surface area contributed by atoms with E-state index in [4.69, 9.17) is 9.31 Å². The Balaban J connectivity index is 1.97. The van der Waals surface area contributed by atoms with Crippen LogP contribution < -0.4 is 15.5 Å². The van der Waals surface area contributed by atoms with Gasteiger partial charge in [0.15, 0.2) is 0 Å². The van der Waals surface area contributed by atoms with Gasteiger partial charge in [0.2, 0.25) is 10.0 Å². The molecule has 1 heterocycles. The lowest BCUT2D eigenvalue weighted by Crippen LogP contribution is -2.41. The molecule has 0 bridgehead atoms. The van der Waals surface area contributed by atoms with E-state index in [-0.39, 0.29) is 4.90 Å². The van der Waals surface area contributed by atoms with E-state index in [1.54, 1.807) is 18.2 Å². The van der Waals surface area contributed by atoms with Gasteiger partial charge in [0, 0.05) is 17.7 Å². The van der Waals surface area contributed by atoms with Gasteiger partial charge in [0.1, 0.15) is 0 Å². The van der Waals surface area contributed by atoms with Crippen LogP contribution in [-0.2, 0) is 25.9 Å². The molecule has 6 nitrogen and oxygen atoms in total. The normalized spacial score (nSPS) is 18.2. The molecule has 0 amide bonds. The summed E-state index contributed by atoms with van der Waals surface area (Å²) in [6.07, 6.45) is 0. The van der Waals surface area contributed by atoms with Crippen LogP contribution in [0.5, 0.6) is 0 Å². The van der Waals surface area contributed by atoms with Gasteiger partial charge in [-0.15, -0.1) is 0 Å². The summed E-state index contributed by atoms with van der Waals surface area (Å²) in [7, 11) is -2.86. The molecule has 0 saturated carbocycles. The minimum Gasteiger partial charge on any atom is -0.399 e. The molecule has 28 heavy (non-hydrogen) atoms. The second-order valence-electron chi connectivity index (χ2n) is 7.88. The van der Waals surface area contributed by atoms with Crippen LogP contribution in [0.3, 0.4) is 0 Å². The lowest BCUT2D eigenvalue weighted by Gasteiger charge is -2.32. The van der Waals surface area contributed by atoms with E-state index in [2.05, 4.69) is 10.0 Å². The Bertz CT molecular complexity index is 930. The number of rotatable bonds is 6. The second kappa shape index (κ2) is 7.52. The number of hydrogen-bond acceptors (Lipinski definition) is 5. The number of nitrogens with one attached hydrogen (secondary N) is 2. The predicted molar refractivity (Wildman–Crippen MR) is 112 cm³/mol. The number of anilines is 1. The van der Waals surface area contributed by atoms with Crippen LogP contribution in [0.1, 0.15) is 33.3 Å². The summed E-state index contributed by atoms with van der Waals surface area (Å²) in [6, 6.07) is 14.9. The lowest BCUT2D eigenvalue weighted by molar-refractivity contribution is 0.00578. The van der Waals surface area contributed by atoms with Gasteiger partial charge in [-0.1, -0.05) is 30.3 Å². The maximum atomic E-state index is 12.3. The molecule has 0 unspecified atom stereocenters. The van der Waals surface area contributed by atoms with Crippen molar-refractivity contribution in [2.24, 2.45) is 0 Å².